The first kappa shape index (κ1) is 21.9. The topological polar surface area (TPSA) is 40.5 Å². The first-order valence-electron chi connectivity index (χ1n) is 12.7. The molecule has 0 aromatic rings. The fourth-order valence-corrected chi connectivity index (χ4v) is 8.65. The van der Waals surface area contributed by atoms with E-state index in [1.807, 2.05) is 0 Å². The van der Waals surface area contributed by atoms with Gasteiger partial charge in [-0.2, -0.15) is 0 Å². The molecule has 166 valence electrons. The molecule has 2 nitrogen and oxygen atoms in total. The van der Waals surface area contributed by atoms with E-state index in [-0.39, 0.29) is 17.6 Å². The fourth-order valence-electron chi connectivity index (χ4n) is 8.65. The van der Waals surface area contributed by atoms with E-state index in [1.54, 1.807) is 0 Å². The third kappa shape index (κ3) is 3.65. The number of hydrogen-bond acceptors (Lipinski definition) is 2. The second-order valence-corrected chi connectivity index (χ2v) is 12.3. The van der Waals surface area contributed by atoms with Gasteiger partial charge in [-0.1, -0.05) is 65.5 Å². The maximum atomic E-state index is 11.3. The van der Waals surface area contributed by atoms with Gasteiger partial charge in [-0.25, -0.2) is 0 Å². The van der Waals surface area contributed by atoms with Crippen LogP contribution >= 0.6 is 0 Å². The van der Waals surface area contributed by atoms with Crippen molar-refractivity contribution < 1.29 is 10.2 Å². The monoisotopic (exact) mass is 402 g/mol. The molecule has 3 fully saturated rings. The number of hydrogen-bond donors (Lipinski definition) is 2. The molecule has 29 heavy (non-hydrogen) atoms. The van der Waals surface area contributed by atoms with Crippen molar-refractivity contribution in [3.8, 4) is 0 Å². The SMILES string of the molecule is CC(C)CCCC(C)[C@H]1CCC2C3C(CC[C@@]21C)[C@@]1(C)CC[C@H](O)CC1=C[C@H]3O. The van der Waals surface area contributed by atoms with Crippen LogP contribution in [0.4, 0.5) is 0 Å². The predicted molar refractivity (Wildman–Crippen MR) is 120 cm³/mol. The van der Waals surface area contributed by atoms with Crippen molar-refractivity contribution in [2.75, 3.05) is 0 Å². The molecule has 0 heterocycles. The van der Waals surface area contributed by atoms with Crippen molar-refractivity contribution in [2.24, 2.45) is 46.3 Å². The minimum Gasteiger partial charge on any atom is -0.393 e. The lowest BCUT2D eigenvalue weighted by Crippen LogP contribution is -2.54. The van der Waals surface area contributed by atoms with E-state index < -0.39 is 0 Å². The van der Waals surface area contributed by atoms with Gasteiger partial charge in [0.1, 0.15) is 0 Å². The van der Waals surface area contributed by atoms with Crippen molar-refractivity contribution in [1.82, 2.24) is 0 Å². The standard InChI is InChI=1S/C27H46O2/c1-17(2)7-6-8-18(3)21-9-10-22-25-23(12-14-27(21,22)5)26(4)13-11-20(28)15-19(26)16-24(25)29/h16-18,20-25,28-29H,6-15H2,1-5H3/t18?,20-,21+,22?,23?,24+,25?,26-,27+/m0/s1. The molecule has 0 saturated heterocycles. The Bertz CT molecular complexity index is 624. The van der Waals surface area contributed by atoms with Crippen LogP contribution < -0.4 is 0 Å². The number of aliphatic hydroxyl groups excluding tert-OH is 2. The Morgan fingerprint density at radius 2 is 1.72 bits per heavy atom. The second kappa shape index (κ2) is 7.97. The quantitative estimate of drug-likeness (QED) is 0.525. The van der Waals surface area contributed by atoms with Crippen molar-refractivity contribution in [1.29, 1.82) is 0 Å². The summed E-state index contributed by atoms with van der Waals surface area (Å²) in [5.41, 5.74) is 1.99. The van der Waals surface area contributed by atoms with Gasteiger partial charge >= 0.3 is 0 Å². The average molecular weight is 403 g/mol. The summed E-state index contributed by atoms with van der Waals surface area (Å²) in [6.07, 6.45) is 13.9. The predicted octanol–water partition coefficient (Wildman–Crippen LogP) is 6.36. The summed E-state index contributed by atoms with van der Waals surface area (Å²) in [6, 6.07) is 0. The normalized spacial score (nSPS) is 47.9. The summed E-state index contributed by atoms with van der Waals surface area (Å²) >= 11 is 0. The number of fused-ring (bicyclic) bond motifs is 5. The minimum atomic E-state index is -0.298. The molecule has 4 aliphatic carbocycles. The van der Waals surface area contributed by atoms with Crippen molar-refractivity contribution in [2.45, 2.75) is 111 Å². The fraction of sp³-hybridized carbons (Fsp3) is 0.926. The molecule has 2 heteroatoms. The van der Waals surface area contributed by atoms with E-state index in [1.165, 1.54) is 50.5 Å². The van der Waals surface area contributed by atoms with Gasteiger partial charge in [-0.3, -0.25) is 0 Å². The molecule has 0 radical (unpaired) electrons. The van der Waals surface area contributed by atoms with Crippen molar-refractivity contribution in [3.05, 3.63) is 11.6 Å². The van der Waals surface area contributed by atoms with Crippen LogP contribution in [0, 0.1) is 46.3 Å². The molecule has 9 atom stereocenters. The van der Waals surface area contributed by atoms with E-state index >= 15 is 0 Å². The molecule has 0 aromatic carbocycles. The summed E-state index contributed by atoms with van der Waals surface area (Å²) in [6.45, 7) is 12.2. The highest BCUT2D eigenvalue weighted by atomic mass is 16.3. The third-order valence-electron chi connectivity index (χ3n) is 10.3. The first-order valence-corrected chi connectivity index (χ1v) is 12.7. The van der Waals surface area contributed by atoms with E-state index in [9.17, 15) is 10.2 Å². The van der Waals surface area contributed by atoms with E-state index in [0.29, 0.717) is 23.2 Å². The van der Waals surface area contributed by atoms with Gasteiger partial charge in [0.2, 0.25) is 0 Å². The molecule has 4 unspecified atom stereocenters. The molecule has 0 aromatic heterocycles. The Kier molecular flexibility index (Phi) is 6.01. The van der Waals surface area contributed by atoms with Crippen LogP contribution in [0.1, 0.15) is 98.8 Å². The Labute approximate surface area is 179 Å². The summed E-state index contributed by atoms with van der Waals surface area (Å²) in [7, 11) is 0. The van der Waals surface area contributed by atoms with E-state index in [2.05, 4.69) is 40.7 Å². The van der Waals surface area contributed by atoms with Crippen LogP contribution in [-0.2, 0) is 0 Å². The highest BCUT2D eigenvalue weighted by Crippen LogP contribution is 2.67. The summed E-state index contributed by atoms with van der Waals surface area (Å²) in [5.74, 6) is 4.18. The molecule has 2 N–H and O–H groups in total. The molecule has 4 rings (SSSR count). The Morgan fingerprint density at radius 3 is 2.45 bits per heavy atom. The van der Waals surface area contributed by atoms with Gasteiger partial charge in [-0.05, 0) is 91.3 Å². The van der Waals surface area contributed by atoms with Crippen LogP contribution in [-0.4, -0.2) is 22.4 Å². The molecular weight excluding hydrogens is 356 g/mol. The van der Waals surface area contributed by atoms with Gasteiger partial charge < -0.3 is 10.2 Å². The maximum Gasteiger partial charge on any atom is 0.0757 e. The zero-order valence-electron chi connectivity index (χ0n) is 19.7. The van der Waals surface area contributed by atoms with Gasteiger partial charge in [0, 0.05) is 0 Å². The molecule has 3 saturated carbocycles. The first-order chi connectivity index (χ1) is 13.7. The van der Waals surface area contributed by atoms with Gasteiger partial charge in [0.25, 0.3) is 0 Å². The summed E-state index contributed by atoms with van der Waals surface area (Å²) < 4.78 is 0. The molecule has 0 bridgehead atoms. The van der Waals surface area contributed by atoms with Gasteiger partial charge in [0.05, 0.1) is 12.2 Å². The Balaban J connectivity index is 1.54. The average Bonchev–Trinajstić information content (AvgIpc) is 3.00. The Morgan fingerprint density at radius 1 is 0.966 bits per heavy atom. The lowest BCUT2D eigenvalue weighted by atomic mass is 9.46. The maximum absolute atomic E-state index is 11.3. The number of rotatable bonds is 5. The Hall–Kier alpha value is -0.340. The van der Waals surface area contributed by atoms with E-state index in [0.717, 1.165) is 37.0 Å². The zero-order valence-corrected chi connectivity index (χ0v) is 19.7. The van der Waals surface area contributed by atoms with E-state index in [4.69, 9.17) is 0 Å². The molecular formula is C27H46O2. The largest absolute Gasteiger partial charge is 0.393 e. The smallest absolute Gasteiger partial charge is 0.0757 e. The summed E-state index contributed by atoms with van der Waals surface area (Å²) in [5, 5.41) is 21.5. The highest BCUT2D eigenvalue weighted by Gasteiger charge is 2.61. The molecule has 0 aliphatic heterocycles. The lowest BCUT2D eigenvalue weighted by Gasteiger charge is -2.59. The summed E-state index contributed by atoms with van der Waals surface area (Å²) in [4.78, 5) is 0. The minimum absolute atomic E-state index is 0.200. The highest BCUT2D eigenvalue weighted by molar-refractivity contribution is 5.27. The lowest BCUT2D eigenvalue weighted by molar-refractivity contribution is -0.0970. The molecule has 0 amide bonds. The van der Waals surface area contributed by atoms with Crippen LogP contribution in [0.15, 0.2) is 11.6 Å². The second-order valence-electron chi connectivity index (χ2n) is 12.3. The number of aliphatic hydroxyl groups is 2. The van der Waals surface area contributed by atoms with Crippen LogP contribution in [0.25, 0.3) is 0 Å². The van der Waals surface area contributed by atoms with Crippen molar-refractivity contribution in [3.63, 3.8) is 0 Å². The molecule has 4 aliphatic rings. The van der Waals surface area contributed by atoms with Crippen LogP contribution in [0.2, 0.25) is 0 Å². The zero-order chi connectivity index (χ0) is 21.0. The van der Waals surface area contributed by atoms with Gasteiger partial charge in [-0.15, -0.1) is 0 Å². The van der Waals surface area contributed by atoms with Crippen LogP contribution in [0.5, 0.6) is 0 Å². The third-order valence-corrected chi connectivity index (χ3v) is 10.3. The molecule has 0 spiro atoms. The van der Waals surface area contributed by atoms with Gasteiger partial charge in [0.15, 0.2) is 0 Å². The van der Waals surface area contributed by atoms with Crippen LogP contribution in [0.3, 0.4) is 0 Å². The van der Waals surface area contributed by atoms with Crippen molar-refractivity contribution >= 4 is 0 Å².